The average molecular weight is 297 g/mol. The Morgan fingerprint density at radius 3 is 2.00 bits per heavy atom. The van der Waals surface area contributed by atoms with Gasteiger partial charge in [0.05, 0.1) is 0 Å². The van der Waals surface area contributed by atoms with Gasteiger partial charge in [0.25, 0.3) is 5.52 Å². The van der Waals surface area contributed by atoms with Crippen LogP contribution in [0, 0.1) is 0 Å². The summed E-state index contributed by atoms with van der Waals surface area (Å²) in [5, 5.41) is 1.15. The second-order valence-electron chi connectivity index (χ2n) is 4.30. The third-order valence-electron chi connectivity index (χ3n) is 2.75. The first-order valence-corrected chi connectivity index (χ1v) is 6.17. The van der Waals surface area contributed by atoms with Crippen molar-refractivity contribution in [3.63, 3.8) is 0 Å². The highest BCUT2D eigenvalue weighted by Gasteiger charge is 2.20. The number of hydrogen-bond donors (Lipinski definition) is 0. The monoisotopic (exact) mass is 297 g/mol. The fourth-order valence-electron chi connectivity index (χ4n) is 1.97. The highest BCUT2D eigenvalue weighted by molar-refractivity contribution is 6.50. The van der Waals surface area contributed by atoms with Crippen molar-refractivity contribution < 1.29 is 26.5 Å². The molecule has 0 fully saturated rings. The van der Waals surface area contributed by atoms with Gasteiger partial charge in [0.15, 0.2) is 7.05 Å². The fourth-order valence-corrected chi connectivity index (χ4v) is 1.97. The van der Waals surface area contributed by atoms with E-state index in [2.05, 4.69) is 24.3 Å². The van der Waals surface area contributed by atoms with Crippen molar-refractivity contribution in [2.75, 3.05) is 0 Å². The summed E-state index contributed by atoms with van der Waals surface area (Å²) >= 11 is 0. The lowest BCUT2D eigenvalue weighted by Crippen LogP contribution is -2.24. The van der Waals surface area contributed by atoms with E-state index >= 15 is 0 Å². The number of benzene rings is 2. The molecular formula is C14H12BF4NO. The zero-order valence-corrected chi connectivity index (χ0v) is 11.1. The first-order chi connectivity index (χ1) is 9.86. The van der Waals surface area contributed by atoms with E-state index in [1.165, 1.54) is 0 Å². The van der Waals surface area contributed by atoms with E-state index in [0.29, 0.717) is 0 Å². The second kappa shape index (κ2) is 5.99. The van der Waals surface area contributed by atoms with E-state index in [1.54, 1.807) is 4.74 Å². The Bertz CT molecular complexity index is 719. The third-order valence-corrected chi connectivity index (χ3v) is 2.75. The molecule has 1 heterocycles. The fraction of sp³-hybridized carbons (Fsp3) is 0.0714. The molecule has 0 radical (unpaired) electrons. The summed E-state index contributed by atoms with van der Waals surface area (Å²) < 4.78 is 46.6. The predicted molar refractivity (Wildman–Crippen MR) is 73.0 cm³/mol. The molecule has 0 bridgehead atoms. The molecule has 0 aliphatic rings. The summed E-state index contributed by atoms with van der Waals surface area (Å²) in [6.07, 6.45) is 0. The van der Waals surface area contributed by atoms with Crippen LogP contribution in [0.4, 0.5) is 17.3 Å². The van der Waals surface area contributed by atoms with Gasteiger partial charge in [-0.1, -0.05) is 42.5 Å². The predicted octanol–water partition coefficient (Wildman–Crippen LogP) is 4.22. The Hall–Kier alpha value is -2.31. The number of fused-ring (bicyclic) bond motifs is 1. The van der Waals surface area contributed by atoms with Crippen molar-refractivity contribution in [3.05, 3.63) is 54.6 Å². The van der Waals surface area contributed by atoms with Gasteiger partial charge in [0.2, 0.25) is 5.76 Å². The van der Waals surface area contributed by atoms with Crippen LogP contribution in [0.25, 0.3) is 22.2 Å². The number of aromatic nitrogens is 1. The Labute approximate surface area is 118 Å². The lowest BCUT2D eigenvalue weighted by Gasteiger charge is -1.94. The molecular weight excluding hydrogens is 285 g/mol. The molecule has 110 valence electrons. The lowest BCUT2D eigenvalue weighted by molar-refractivity contribution is -0.823. The molecule has 0 amide bonds. The standard InChI is InChI=1S/C14H12NO.BF4/c1-15-13-10-6-5-9-12(13)14(16-15)11-7-3-2-4-8-11;2-1(3,4)5/h2-10H,1H3;/q+1;-1. The maximum atomic E-state index is 9.75. The zero-order chi connectivity index (χ0) is 15.5. The van der Waals surface area contributed by atoms with Crippen molar-refractivity contribution >= 4 is 18.2 Å². The SMILES string of the molecule is C[n+]1oc(-c2ccccc2)c2ccccc21.F[B-](F)(F)F. The summed E-state index contributed by atoms with van der Waals surface area (Å²) in [4.78, 5) is 0. The van der Waals surface area contributed by atoms with Crippen LogP contribution in [0.5, 0.6) is 0 Å². The number of nitrogens with zero attached hydrogens (tertiary/aromatic N) is 1. The van der Waals surface area contributed by atoms with Gasteiger partial charge in [-0.25, -0.2) is 4.52 Å². The van der Waals surface area contributed by atoms with Crippen LogP contribution in [0.15, 0.2) is 59.1 Å². The Balaban J connectivity index is 0.000000282. The molecule has 7 heteroatoms. The summed E-state index contributed by atoms with van der Waals surface area (Å²) in [5.41, 5.74) is 2.22. The van der Waals surface area contributed by atoms with Gasteiger partial charge in [-0.2, -0.15) is 0 Å². The molecule has 0 N–H and O–H groups in total. The van der Waals surface area contributed by atoms with Crippen LogP contribution in [-0.4, -0.2) is 7.25 Å². The van der Waals surface area contributed by atoms with E-state index in [1.807, 2.05) is 37.4 Å². The number of rotatable bonds is 1. The van der Waals surface area contributed by atoms with Crippen molar-refractivity contribution in [2.45, 2.75) is 0 Å². The topological polar surface area (TPSA) is 17.0 Å². The first kappa shape index (κ1) is 15.1. The van der Waals surface area contributed by atoms with Crippen molar-refractivity contribution in [1.82, 2.24) is 0 Å². The summed E-state index contributed by atoms with van der Waals surface area (Å²) in [7, 11) is -4.07. The van der Waals surface area contributed by atoms with Gasteiger partial charge in [-0.15, -0.1) is 0 Å². The van der Waals surface area contributed by atoms with Crippen molar-refractivity contribution in [3.8, 4) is 11.3 Å². The zero-order valence-electron chi connectivity index (χ0n) is 11.1. The summed E-state index contributed by atoms with van der Waals surface area (Å²) in [6.45, 7) is 0. The highest BCUT2D eigenvalue weighted by atomic mass is 19.5. The van der Waals surface area contributed by atoms with Crippen LogP contribution in [0.3, 0.4) is 0 Å². The largest absolute Gasteiger partial charge is 0.673 e. The Kier molecular flexibility index (Phi) is 4.30. The van der Waals surface area contributed by atoms with Gasteiger partial charge in [0.1, 0.15) is 5.39 Å². The van der Waals surface area contributed by atoms with E-state index in [-0.39, 0.29) is 0 Å². The molecule has 0 unspecified atom stereocenters. The molecule has 0 aliphatic heterocycles. The molecule has 21 heavy (non-hydrogen) atoms. The summed E-state index contributed by atoms with van der Waals surface area (Å²) in [6, 6.07) is 18.4. The quantitative estimate of drug-likeness (QED) is 0.373. The highest BCUT2D eigenvalue weighted by Crippen LogP contribution is 2.26. The minimum atomic E-state index is -6.00. The average Bonchev–Trinajstić information content (AvgIpc) is 2.76. The number of aryl methyl sites for hydroxylation is 1. The molecule has 0 atom stereocenters. The summed E-state index contributed by atoms with van der Waals surface area (Å²) in [5.74, 6) is 0.929. The molecule has 1 aromatic heterocycles. The number of halogens is 4. The van der Waals surface area contributed by atoms with Gasteiger partial charge in [-0.3, -0.25) is 0 Å². The maximum absolute atomic E-state index is 9.75. The van der Waals surface area contributed by atoms with E-state index in [4.69, 9.17) is 4.52 Å². The van der Waals surface area contributed by atoms with Gasteiger partial charge in [-0.05, 0) is 10.8 Å². The third kappa shape index (κ3) is 4.08. The van der Waals surface area contributed by atoms with Gasteiger partial charge < -0.3 is 17.3 Å². The van der Waals surface area contributed by atoms with Crippen molar-refractivity contribution in [1.29, 1.82) is 0 Å². The van der Waals surface area contributed by atoms with Crippen molar-refractivity contribution in [2.24, 2.45) is 7.05 Å². The smallest absolute Gasteiger partial charge is 0.418 e. The van der Waals surface area contributed by atoms with Crippen LogP contribution in [0.1, 0.15) is 0 Å². The molecule has 0 saturated carbocycles. The molecule has 3 rings (SSSR count). The molecule has 2 nitrogen and oxygen atoms in total. The Morgan fingerprint density at radius 1 is 0.857 bits per heavy atom. The first-order valence-electron chi connectivity index (χ1n) is 6.17. The van der Waals surface area contributed by atoms with Crippen LogP contribution < -0.4 is 4.74 Å². The van der Waals surface area contributed by atoms with Gasteiger partial charge >= 0.3 is 7.25 Å². The lowest BCUT2D eigenvalue weighted by atomic mass is 10.1. The van der Waals surface area contributed by atoms with Crippen LogP contribution in [0.2, 0.25) is 0 Å². The minimum absolute atomic E-state index is 0.929. The van der Waals surface area contributed by atoms with Gasteiger partial charge in [0, 0.05) is 11.6 Å². The van der Waals surface area contributed by atoms with Crippen LogP contribution in [-0.2, 0) is 7.05 Å². The van der Waals surface area contributed by atoms with E-state index in [9.17, 15) is 17.3 Å². The second-order valence-corrected chi connectivity index (χ2v) is 4.30. The molecule has 2 aromatic carbocycles. The molecule has 0 aliphatic carbocycles. The Morgan fingerprint density at radius 2 is 1.38 bits per heavy atom. The minimum Gasteiger partial charge on any atom is -0.418 e. The molecule has 0 saturated heterocycles. The molecule has 0 spiro atoms. The normalized spacial score (nSPS) is 11.1. The molecule has 3 aromatic rings. The van der Waals surface area contributed by atoms with Crippen LogP contribution >= 0.6 is 0 Å². The maximum Gasteiger partial charge on any atom is 0.673 e. The number of para-hydroxylation sites is 1. The van der Waals surface area contributed by atoms with E-state index in [0.717, 1.165) is 22.2 Å². The van der Waals surface area contributed by atoms with E-state index < -0.39 is 7.25 Å². The number of hydrogen-bond acceptors (Lipinski definition) is 1.